The van der Waals surface area contributed by atoms with Gasteiger partial charge in [-0.1, -0.05) is 24.3 Å². The minimum atomic E-state index is -0.170. The summed E-state index contributed by atoms with van der Waals surface area (Å²) >= 11 is 0. The van der Waals surface area contributed by atoms with Gasteiger partial charge in [0.1, 0.15) is 11.6 Å². The number of hydrogen-bond acceptors (Lipinski definition) is 4. The Morgan fingerprint density at radius 1 is 0.909 bits per heavy atom. The van der Waals surface area contributed by atoms with Crippen LogP contribution in [0.1, 0.15) is 74.3 Å². The second-order valence-corrected chi connectivity index (χ2v) is 14.0. The van der Waals surface area contributed by atoms with Gasteiger partial charge < -0.3 is 15.0 Å². The second-order valence-electron chi connectivity index (χ2n) is 14.0. The van der Waals surface area contributed by atoms with E-state index in [1.165, 1.54) is 38.5 Å². The summed E-state index contributed by atoms with van der Waals surface area (Å²) in [5, 5.41) is 3.32. The zero-order chi connectivity index (χ0) is 30.3. The van der Waals surface area contributed by atoms with E-state index in [9.17, 15) is 4.79 Å². The fourth-order valence-corrected chi connectivity index (χ4v) is 9.24. The molecule has 5 aliphatic rings. The molecule has 1 amide bonds. The Morgan fingerprint density at radius 3 is 2.20 bits per heavy atom. The van der Waals surface area contributed by atoms with Crippen LogP contribution in [0.4, 0.5) is 10.1 Å². The molecular formula is C38H46FN3O2. The van der Waals surface area contributed by atoms with Gasteiger partial charge in [0.2, 0.25) is 0 Å². The summed E-state index contributed by atoms with van der Waals surface area (Å²) in [7, 11) is 0. The highest BCUT2D eigenvalue weighted by Gasteiger charge is 2.50. The molecule has 1 N–H and O–H groups in total. The lowest BCUT2D eigenvalue weighted by atomic mass is 9.49. The Labute approximate surface area is 261 Å². The highest BCUT2D eigenvalue weighted by Crippen LogP contribution is 2.59. The molecule has 4 bridgehead atoms. The molecule has 5 fully saturated rings. The van der Waals surface area contributed by atoms with Gasteiger partial charge in [-0.05, 0) is 129 Å². The molecule has 44 heavy (non-hydrogen) atoms. The van der Waals surface area contributed by atoms with Crippen LogP contribution in [0.15, 0.2) is 66.7 Å². The third-order valence-electron chi connectivity index (χ3n) is 11.1. The SMILES string of the molecule is CCOc1cccc(-c2ccc(C(C)N3CCN(c4ccc(C(=O)NCC56CC7CC(CC(C7)C5)C6)cc4)CC3)c(F)c2)c1. The Hall–Kier alpha value is -3.38. The van der Waals surface area contributed by atoms with Crippen LogP contribution in [0.3, 0.4) is 0 Å². The van der Waals surface area contributed by atoms with Crippen molar-refractivity contribution in [2.24, 2.45) is 23.2 Å². The zero-order valence-corrected chi connectivity index (χ0v) is 26.2. The van der Waals surface area contributed by atoms with Crippen LogP contribution in [0, 0.1) is 29.0 Å². The highest BCUT2D eigenvalue weighted by molar-refractivity contribution is 5.94. The number of benzene rings is 3. The van der Waals surface area contributed by atoms with Crippen LogP contribution in [0.25, 0.3) is 11.1 Å². The number of halogens is 1. The molecule has 4 aliphatic carbocycles. The van der Waals surface area contributed by atoms with Crippen molar-refractivity contribution in [2.75, 3.05) is 44.2 Å². The number of nitrogens with one attached hydrogen (secondary N) is 1. The van der Waals surface area contributed by atoms with Gasteiger partial charge in [0.25, 0.3) is 5.91 Å². The van der Waals surface area contributed by atoms with Crippen molar-refractivity contribution in [2.45, 2.75) is 58.4 Å². The summed E-state index contributed by atoms with van der Waals surface area (Å²) in [4.78, 5) is 17.8. The van der Waals surface area contributed by atoms with Crippen molar-refractivity contribution in [3.63, 3.8) is 0 Å². The van der Waals surface area contributed by atoms with Crippen LogP contribution >= 0.6 is 0 Å². The topological polar surface area (TPSA) is 44.8 Å². The average molecular weight is 596 g/mol. The second kappa shape index (κ2) is 12.2. The first kappa shape index (κ1) is 29.3. The van der Waals surface area contributed by atoms with E-state index in [1.807, 2.05) is 55.5 Å². The standard InChI is InChI=1S/C38H46FN3O2/c1-3-44-34-6-4-5-31(20-34)32-9-12-35(36(39)21-32)26(2)41-13-15-42(16-14-41)33-10-7-30(8-11-33)37(43)40-25-38-22-27-17-28(23-38)19-29(18-27)24-38/h4-12,20-21,26-29H,3,13-19,22-25H2,1-2H3,(H,40,43). The van der Waals surface area contributed by atoms with Gasteiger partial charge in [-0.15, -0.1) is 0 Å². The Bertz CT molecular complexity index is 1440. The van der Waals surface area contributed by atoms with Gasteiger partial charge in [0.15, 0.2) is 0 Å². The molecule has 8 rings (SSSR count). The summed E-state index contributed by atoms with van der Waals surface area (Å²) in [5.41, 5.74) is 4.77. The van der Waals surface area contributed by atoms with E-state index in [2.05, 4.69) is 34.2 Å². The Balaban J connectivity index is 0.922. The maximum Gasteiger partial charge on any atom is 0.251 e. The monoisotopic (exact) mass is 595 g/mol. The predicted molar refractivity (Wildman–Crippen MR) is 175 cm³/mol. The highest BCUT2D eigenvalue weighted by atomic mass is 19.1. The van der Waals surface area contributed by atoms with Gasteiger partial charge >= 0.3 is 0 Å². The first-order valence-corrected chi connectivity index (χ1v) is 16.8. The number of carbonyl (C=O) groups is 1. The summed E-state index contributed by atoms with van der Waals surface area (Å²) < 4.78 is 21.0. The van der Waals surface area contributed by atoms with Gasteiger partial charge in [0.05, 0.1) is 6.61 Å². The summed E-state index contributed by atoms with van der Waals surface area (Å²) in [5.74, 6) is 3.38. The summed E-state index contributed by atoms with van der Waals surface area (Å²) in [6.07, 6.45) is 8.21. The number of amides is 1. The van der Waals surface area contributed by atoms with E-state index in [0.29, 0.717) is 12.0 Å². The fourth-order valence-electron chi connectivity index (χ4n) is 9.24. The van der Waals surface area contributed by atoms with Gasteiger partial charge in [0, 0.05) is 55.6 Å². The molecule has 5 nitrogen and oxygen atoms in total. The van der Waals surface area contributed by atoms with Crippen LogP contribution < -0.4 is 15.0 Å². The maximum atomic E-state index is 15.4. The van der Waals surface area contributed by atoms with Crippen molar-refractivity contribution in [3.05, 3.63) is 83.7 Å². The zero-order valence-electron chi connectivity index (χ0n) is 26.2. The molecule has 1 unspecified atom stereocenters. The average Bonchev–Trinajstić information content (AvgIpc) is 3.03. The first-order valence-electron chi connectivity index (χ1n) is 16.8. The summed E-state index contributed by atoms with van der Waals surface area (Å²) in [6, 6.07) is 21.5. The van der Waals surface area contributed by atoms with Crippen LogP contribution in [0.5, 0.6) is 5.75 Å². The van der Waals surface area contributed by atoms with Crippen molar-refractivity contribution in [3.8, 4) is 16.9 Å². The minimum absolute atomic E-state index is 0.0130. The molecule has 0 aromatic heterocycles. The van der Waals surface area contributed by atoms with E-state index >= 15 is 4.39 Å². The number of hydrogen-bond donors (Lipinski definition) is 1. The molecule has 0 radical (unpaired) electrons. The molecule has 4 saturated carbocycles. The molecule has 3 aromatic carbocycles. The fraction of sp³-hybridized carbons (Fsp3) is 0.500. The molecule has 1 atom stereocenters. The lowest BCUT2D eigenvalue weighted by Gasteiger charge is -2.56. The molecular weight excluding hydrogens is 549 g/mol. The minimum Gasteiger partial charge on any atom is -0.494 e. The van der Waals surface area contributed by atoms with Crippen molar-refractivity contribution >= 4 is 11.6 Å². The van der Waals surface area contributed by atoms with E-state index in [-0.39, 0.29) is 17.8 Å². The van der Waals surface area contributed by atoms with E-state index in [0.717, 1.165) is 84.2 Å². The molecule has 1 heterocycles. The molecule has 6 heteroatoms. The molecule has 1 aliphatic heterocycles. The number of carbonyl (C=O) groups excluding carboxylic acids is 1. The van der Waals surface area contributed by atoms with Gasteiger partial charge in [-0.2, -0.15) is 0 Å². The lowest BCUT2D eigenvalue weighted by Crippen LogP contribution is -2.51. The van der Waals surface area contributed by atoms with Crippen LogP contribution in [-0.4, -0.2) is 50.1 Å². The molecule has 1 saturated heterocycles. The van der Waals surface area contributed by atoms with Gasteiger partial charge in [-0.25, -0.2) is 4.39 Å². The number of nitrogens with zero attached hydrogens (tertiary/aromatic N) is 2. The number of piperazine rings is 1. The first-order chi connectivity index (χ1) is 21.4. The van der Waals surface area contributed by atoms with Crippen molar-refractivity contribution < 1.29 is 13.9 Å². The molecule has 3 aromatic rings. The van der Waals surface area contributed by atoms with E-state index in [1.54, 1.807) is 6.07 Å². The maximum absolute atomic E-state index is 15.4. The number of ether oxygens (including phenoxy) is 1. The Kier molecular flexibility index (Phi) is 8.13. The van der Waals surface area contributed by atoms with E-state index in [4.69, 9.17) is 4.74 Å². The van der Waals surface area contributed by atoms with Crippen molar-refractivity contribution in [1.29, 1.82) is 0 Å². The number of rotatable bonds is 9. The quantitative estimate of drug-likeness (QED) is 0.275. The third kappa shape index (κ3) is 5.98. The largest absolute Gasteiger partial charge is 0.494 e. The van der Waals surface area contributed by atoms with Crippen LogP contribution in [0.2, 0.25) is 0 Å². The normalized spacial score (nSPS) is 26.9. The third-order valence-corrected chi connectivity index (χ3v) is 11.1. The Morgan fingerprint density at radius 2 is 1.57 bits per heavy atom. The molecule has 232 valence electrons. The van der Waals surface area contributed by atoms with Crippen LogP contribution in [-0.2, 0) is 0 Å². The van der Waals surface area contributed by atoms with E-state index < -0.39 is 0 Å². The summed E-state index contributed by atoms with van der Waals surface area (Å²) in [6.45, 7) is 8.94. The lowest BCUT2D eigenvalue weighted by molar-refractivity contribution is -0.0503. The van der Waals surface area contributed by atoms with Gasteiger partial charge in [-0.3, -0.25) is 9.69 Å². The van der Waals surface area contributed by atoms with Crippen molar-refractivity contribution in [1.82, 2.24) is 10.2 Å². The molecule has 0 spiro atoms. The smallest absolute Gasteiger partial charge is 0.251 e. The number of anilines is 1. The predicted octanol–water partition coefficient (Wildman–Crippen LogP) is 7.72.